The number of hydrogen-bond donors (Lipinski definition) is 2. The Hall–Kier alpha value is -2.31. The van der Waals surface area contributed by atoms with Gasteiger partial charge in [0, 0.05) is 20.0 Å². The van der Waals surface area contributed by atoms with Crippen molar-refractivity contribution in [3.05, 3.63) is 27.7 Å². The number of aryl methyl sites for hydroxylation is 1. The van der Waals surface area contributed by atoms with Crippen LogP contribution in [0.5, 0.6) is 0 Å². The van der Waals surface area contributed by atoms with Crippen molar-refractivity contribution in [3.8, 4) is 0 Å². The highest BCUT2D eigenvalue weighted by Crippen LogP contribution is 2.28. The first-order chi connectivity index (χ1) is 15.6. The molecule has 2 N–H and O–H groups in total. The summed E-state index contributed by atoms with van der Waals surface area (Å²) in [5.74, 6) is -3.94. The van der Waals surface area contributed by atoms with Crippen molar-refractivity contribution in [1.82, 2.24) is 20.3 Å². The number of imidazole rings is 1. The summed E-state index contributed by atoms with van der Waals surface area (Å²) in [7, 11) is 0. The molecule has 2 aromatic heterocycles. The molecule has 0 spiro atoms. The van der Waals surface area contributed by atoms with Crippen LogP contribution in [-0.4, -0.2) is 71.2 Å². The van der Waals surface area contributed by atoms with E-state index >= 15 is 0 Å². The SMILES string of the molecule is CCOC(=O)c1cnc(N2CC[C@@H](NC(=O)c3nc(Cl)c(CC)[nH]3)[C@@H](OCC(C)(F)F)C2)s1. The van der Waals surface area contributed by atoms with Crippen LogP contribution in [0.25, 0.3) is 0 Å². The van der Waals surface area contributed by atoms with Gasteiger partial charge in [0.25, 0.3) is 11.8 Å². The Labute approximate surface area is 198 Å². The Bertz CT molecular complexity index is 980. The molecule has 1 amide bonds. The van der Waals surface area contributed by atoms with Gasteiger partial charge >= 0.3 is 5.97 Å². The van der Waals surface area contributed by atoms with Crippen molar-refractivity contribution in [2.24, 2.45) is 0 Å². The minimum Gasteiger partial charge on any atom is -0.462 e. The third-order valence-corrected chi connectivity index (χ3v) is 6.31. The van der Waals surface area contributed by atoms with Crippen LogP contribution in [0.15, 0.2) is 6.20 Å². The molecule has 1 aliphatic heterocycles. The van der Waals surface area contributed by atoms with Gasteiger partial charge in [-0.25, -0.2) is 23.5 Å². The molecule has 3 rings (SSSR count). The number of H-pyrrole nitrogens is 1. The maximum Gasteiger partial charge on any atom is 0.350 e. The molecule has 13 heteroatoms. The van der Waals surface area contributed by atoms with E-state index < -0.39 is 36.6 Å². The second kappa shape index (κ2) is 10.7. The van der Waals surface area contributed by atoms with Crippen molar-refractivity contribution in [2.75, 3.05) is 31.2 Å². The molecule has 33 heavy (non-hydrogen) atoms. The Morgan fingerprint density at radius 2 is 2.18 bits per heavy atom. The number of nitrogens with one attached hydrogen (secondary N) is 2. The van der Waals surface area contributed by atoms with Gasteiger partial charge in [0.2, 0.25) is 0 Å². The van der Waals surface area contributed by atoms with Crippen LogP contribution >= 0.6 is 22.9 Å². The Morgan fingerprint density at radius 1 is 1.42 bits per heavy atom. The number of piperidine rings is 1. The smallest absolute Gasteiger partial charge is 0.350 e. The number of carbonyl (C=O) groups excluding carboxylic acids is 2. The predicted molar refractivity (Wildman–Crippen MR) is 119 cm³/mol. The van der Waals surface area contributed by atoms with Crippen LogP contribution in [-0.2, 0) is 15.9 Å². The molecule has 3 heterocycles. The van der Waals surface area contributed by atoms with E-state index in [1.165, 1.54) is 6.20 Å². The molecule has 182 valence electrons. The summed E-state index contributed by atoms with van der Waals surface area (Å²) >= 11 is 7.17. The van der Waals surface area contributed by atoms with Crippen LogP contribution in [0.2, 0.25) is 5.15 Å². The number of ether oxygens (including phenoxy) is 2. The lowest BCUT2D eigenvalue weighted by Crippen LogP contribution is -2.56. The van der Waals surface area contributed by atoms with E-state index in [9.17, 15) is 18.4 Å². The molecule has 0 bridgehead atoms. The summed E-state index contributed by atoms with van der Waals surface area (Å²) in [6.07, 6.45) is 1.68. The third-order valence-electron chi connectivity index (χ3n) is 4.96. The minimum atomic E-state index is -3.03. The Morgan fingerprint density at radius 3 is 2.82 bits per heavy atom. The minimum absolute atomic E-state index is 0.0536. The Balaban J connectivity index is 1.72. The molecule has 0 aromatic carbocycles. The summed E-state index contributed by atoms with van der Waals surface area (Å²) in [6, 6.07) is -0.533. The number of hydrogen-bond acceptors (Lipinski definition) is 8. The quantitative estimate of drug-likeness (QED) is 0.503. The fraction of sp³-hybridized carbons (Fsp3) is 0.600. The molecule has 2 aromatic rings. The molecule has 0 saturated carbocycles. The summed E-state index contributed by atoms with van der Waals surface area (Å²) < 4.78 is 37.5. The number of esters is 1. The predicted octanol–water partition coefficient (Wildman–Crippen LogP) is 3.31. The average molecular weight is 506 g/mol. The first-order valence-corrected chi connectivity index (χ1v) is 11.7. The summed E-state index contributed by atoms with van der Waals surface area (Å²) in [4.78, 5) is 38.0. The van der Waals surface area contributed by atoms with Crippen LogP contribution in [0.4, 0.5) is 13.9 Å². The normalized spacial score (nSPS) is 18.9. The molecule has 0 radical (unpaired) electrons. The van der Waals surface area contributed by atoms with Gasteiger partial charge < -0.3 is 24.7 Å². The topological polar surface area (TPSA) is 109 Å². The van der Waals surface area contributed by atoms with Crippen LogP contribution in [0.1, 0.15) is 53.2 Å². The van der Waals surface area contributed by atoms with Gasteiger partial charge in [-0.15, -0.1) is 0 Å². The average Bonchev–Trinajstić information content (AvgIpc) is 3.39. The molecule has 0 unspecified atom stereocenters. The molecule has 0 aliphatic carbocycles. The zero-order valence-corrected chi connectivity index (χ0v) is 20.1. The molecule has 1 fully saturated rings. The number of anilines is 1. The van der Waals surface area contributed by atoms with Gasteiger partial charge in [-0.3, -0.25) is 4.79 Å². The fourth-order valence-electron chi connectivity index (χ4n) is 3.35. The maximum absolute atomic E-state index is 13.5. The number of amides is 1. The fourth-order valence-corrected chi connectivity index (χ4v) is 4.46. The van der Waals surface area contributed by atoms with Crippen LogP contribution in [0.3, 0.4) is 0 Å². The molecular formula is C20H26ClF2N5O4S. The highest BCUT2D eigenvalue weighted by molar-refractivity contribution is 7.17. The van der Waals surface area contributed by atoms with Gasteiger partial charge in [-0.05, 0) is 19.8 Å². The third kappa shape index (κ3) is 6.61. The second-order valence-electron chi connectivity index (χ2n) is 7.67. The number of halogens is 3. The summed E-state index contributed by atoms with van der Waals surface area (Å²) in [6.45, 7) is 4.49. The first kappa shape index (κ1) is 25.3. The molecule has 9 nitrogen and oxygen atoms in total. The molecular weight excluding hydrogens is 480 g/mol. The number of aromatic nitrogens is 3. The highest BCUT2D eigenvalue weighted by Gasteiger charge is 2.35. The summed E-state index contributed by atoms with van der Waals surface area (Å²) in [5, 5.41) is 3.59. The van der Waals surface area contributed by atoms with Gasteiger partial charge in [0.1, 0.15) is 11.5 Å². The molecule has 2 atom stereocenters. The largest absolute Gasteiger partial charge is 0.462 e. The second-order valence-corrected chi connectivity index (χ2v) is 9.04. The van der Waals surface area contributed by atoms with Gasteiger partial charge in [0.15, 0.2) is 16.1 Å². The van der Waals surface area contributed by atoms with Gasteiger partial charge in [-0.2, -0.15) is 0 Å². The highest BCUT2D eigenvalue weighted by atomic mass is 35.5. The van der Waals surface area contributed by atoms with E-state index in [1.807, 2.05) is 11.8 Å². The number of aromatic amines is 1. The monoisotopic (exact) mass is 505 g/mol. The van der Waals surface area contributed by atoms with Crippen molar-refractivity contribution in [1.29, 1.82) is 0 Å². The number of nitrogens with zero attached hydrogens (tertiary/aromatic N) is 3. The number of carbonyl (C=O) groups is 2. The maximum atomic E-state index is 13.5. The van der Waals surface area contributed by atoms with Gasteiger partial charge in [0.05, 0.1) is 30.6 Å². The van der Waals surface area contributed by atoms with Crippen molar-refractivity contribution in [3.63, 3.8) is 0 Å². The Kier molecular flexibility index (Phi) is 8.24. The van der Waals surface area contributed by atoms with E-state index in [0.717, 1.165) is 18.3 Å². The van der Waals surface area contributed by atoms with Crippen LogP contribution < -0.4 is 10.2 Å². The van der Waals surface area contributed by atoms with E-state index in [2.05, 4.69) is 20.3 Å². The lowest BCUT2D eigenvalue weighted by atomic mass is 10.0. The lowest BCUT2D eigenvalue weighted by molar-refractivity contribution is -0.0947. The van der Waals surface area contributed by atoms with E-state index in [-0.39, 0.29) is 24.1 Å². The van der Waals surface area contributed by atoms with E-state index in [1.54, 1.807) is 6.92 Å². The van der Waals surface area contributed by atoms with Crippen molar-refractivity contribution < 1.29 is 27.8 Å². The van der Waals surface area contributed by atoms with E-state index in [0.29, 0.717) is 35.1 Å². The number of rotatable bonds is 9. The number of alkyl halides is 2. The van der Waals surface area contributed by atoms with Gasteiger partial charge in [-0.1, -0.05) is 29.9 Å². The zero-order chi connectivity index (χ0) is 24.2. The van der Waals surface area contributed by atoms with Crippen LogP contribution in [0, 0.1) is 0 Å². The zero-order valence-electron chi connectivity index (χ0n) is 18.5. The standard InChI is InChI=1S/C20H26ClF2N5O4S/c1-4-11-15(21)27-16(25-11)17(29)26-12-6-7-28(9-13(12)32-10-20(3,22)23)19-24-8-14(33-19)18(30)31-5-2/h8,12-13H,4-7,9-10H2,1-3H3,(H,25,27)(H,26,29)/t12-,13+/m1/s1. The first-order valence-electron chi connectivity index (χ1n) is 10.5. The molecule has 1 saturated heterocycles. The lowest BCUT2D eigenvalue weighted by Gasteiger charge is -2.38. The molecule has 1 aliphatic rings. The summed E-state index contributed by atoms with van der Waals surface area (Å²) in [5.41, 5.74) is 0.635. The van der Waals surface area contributed by atoms with Crippen molar-refractivity contribution >= 4 is 39.9 Å². The van der Waals surface area contributed by atoms with E-state index in [4.69, 9.17) is 21.1 Å². The van der Waals surface area contributed by atoms with Crippen molar-refractivity contribution in [2.45, 2.75) is 51.7 Å². The number of thiazole rings is 1.